The molecular weight excluding hydrogens is 442 g/mol. The number of anilines is 4. The molecule has 0 bridgehead atoms. The van der Waals surface area contributed by atoms with Crippen molar-refractivity contribution in [3.05, 3.63) is 70.4 Å². The molecule has 4 rings (SSSR count). The van der Waals surface area contributed by atoms with Gasteiger partial charge in [0.1, 0.15) is 5.02 Å². The number of carboxylic acids is 1. The topological polar surface area (TPSA) is 99.6 Å². The summed E-state index contributed by atoms with van der Waals surface area (Å²) in [5.41, 5.74) is 4.08. The zero-order chi connectivity index (χ0) is 23.2. The van der Waals surface area contributed by atoms with Crippen molar-refractivity contribution in [3.63, 3.8) is 0 Å². The van der Waals surface area contributed by atoms with Crippen molar-refractivity contribution < 1.29 is 14.6 Å². The van der Waals surface area contributed by atoms with Crippen molar-refractivity contribution in [2.24, 2.45) is 0 Å². The van der Waals surface area contributed by atoms with E-state index in [9.17, 15) is 9.90 Å². The Bertz CT molecular complexity index is 1140. The Balaban J connectivity index is 1.50. The quantitative estimate of drug-likeness (QED) is 0.449. The minimum Gasteiger partial charge on any atom is -0.478 e. The fourth-order valence-electron chi connectivity index (χ4n) is 3.84. The number of hydrogen-bond donors (Lipinski definition) is 3. The maximum atomic E-state index is 11.5. The van der Waals surface area contributed by atoms with Gasteiger partial charge in [0.05, 0.1) is 24.1 Å². The first kappa shape index (κ1) is 23.0. The molecule has 0 atom stereocenters. The standard InChI is InChI=1S/C24H26ClN5O3/c1-33-13-12-30-10-8-16-6-7-18(14-17(16)9-11-30)27-24-26-15-20(25)22(29-24)28-21-5-3-2-4-19(21)23(31)32/h2-7,14-15H,8-13H2,1H3,(H,31,32)(H2,26,27,28,29). The summed E-state index contributed by atoms with van der Waals surface area (Å²) in [6.07, 6.45) is 3.46. The van der Waals surface area contributed by atoms with Gasteiger partial charge in [-0.05, 0) is 48.2 Å². The lowest BCUT2D eigenvalue weighted by molar-refractivity contribution is 0.0698. The number of benzene rings is 2. The number of ether oxygens (including phenoxy) is 1. The highest BCUT2D eigenvalue weighted by Crippen LogP contribution is 2.28. The second-order valence-corrected chi connectivity index (χ2v) is 8.22. The molecule has 1 aromatic heterocycles. The molecule has 2 heterocycles. The fraction of sp³-hybridized carbons (Fsp3) is 0.292. The Morgan fingerprint density at radius 3 is 2.73 bits per heavy atom. The molecule has 0 aliphatic carbocycles. The number of para-hydroxylation sites is 1. The molecule has 8 nitrogen and oxygen atoms in total. The first-order valence-electron chi connectivity index (χ1n) is 10.8. The van der Waals surface area contributed by atoms with E-state index >= 15 is 0 Å². The lowest BCUT2D eigenvalue weighted by atomic mass is 10.0. The van der Waals surface area contributed by atoms with Gasteiger partial charge in [-0.15, -0.1) is 0 Å². The largest absolute Gasteiger partial charge is 0.478 e. The summed E-state index contributed by atoms with van der Waals surface area (Å²) >= 11 is 6.27. The smallest absolute Gasteiger partial charge is 0.337 e. The van der Waals surface area contributed by atoms with E-state index in [1.807, 2.05) is 6.07 Å². The van der Waals surface area contributed by atoms with E-state index in [4.69, 9.17) is 16.3 Å². The number of aromatic carboxylic acids is 1. The molecule has 9 heteroatoms. The van der Waals surface area contributed by atoms with Gasteiger partial charge in [0.15, 0.2) is 5.82 Å². The number of fused-ring (bicyclic) bond motifs is 1. The molecule has 0 saturated heterocycles. The molecule has 0 radical (unpaired) electrons. The van der Waals surface area contributed by atoms with Crippen LogP contribution in [-0.2, 0) is 17.6 Å². The molecule has 3 aromatic rings. The van der Waals surface area contributed by atoms with Gasteiger partial charge in [-0.3, -0.25) is 0 Å². The summed E-state index contributed by atoms with van der Waals surface area (Å²) in [5, 5.41) is 15.9. The number of halogens is 1. The van der Waals surface area contributed by atoms with Crippen LogP contribution in [0.3, 0.4) is 0 Å². The summed E-state index contributed by atoms with van der Waals surface area (Å²) in [7, 11) is 1.73. The van der Waals surface area contributed by atoms with Gasteiger partial charge >= 0.3 is 5.97 Å². The van der Waals surface area contributed by atoms with Crippen LogP contribution in [0.15, 0.2) is 48.7 Å². The van der Waals surface area contributed by atoms with Crippen LogP contribution in [0.4, 0.5) is 23.1 Å². The van der Waals surface area contributed by atoms with Gasteiger partial charge in [-0.25, -0.2) is 9.78 Å². The van der Waals surface area contributed by atoms with Crippen LogP contribution < -0.4 is 10.6 Å². The fourth-order valence-corrected chi connectivity index (χ4v) is 3.98. The number of methoxy groups -OCH3 is 1. The lowest BCUT2D eigenvalue weighted by Gasteiger charge is -2.18. The minimum absolute atomic E-state index is 0.131. The van der Waals surface area contributed by atoms with E-state index < -0.39 is 5.97 Å². The third-order valence-corrected chi connectivity index (χ3v) is 5.90. The van der Waals surface area contributed by atoms with Crippen LogP contribution in [0.2, 0.25) is 5.02 Å². The molecule has 2 aromatic carbocycles. The molecule has 3 N–H and O–H groups in total. The maximum absolute atomic E-state index is 11.5. The van der Waals surface area contributed by atoms with E-state index in [1.54, 1.807) is 25.3 Å². The highest BCUT2D eigenvalue weighted by atomic mass is 35.5. The van der Waals surface area contributed by atoms with Crippen LogP contribution in [0.25, 0.3) is 0 Å². The van der Waals surface area contributed by atoms with Crippen molar-refractivity contribution in [1.29, 1.82) is 0 Å². The van der Waals surface area contributed by atoms with Gasteiger partial charge < -0.3 is 25.4 Å². The summed E-state index contributed by atoms with van der Waals surface area (Å²) in [6, 6.07) is 12.9. The first-order chi connectivity index (χ1) is 16.0. The lowest BCUT2D eigenvalue weighted by Crippen LogP contribution is -2.29. The van der Waals surface area contributed by atoms with Gasteiger partial charge in [0.2, 0.25) is 5.95 Å². The van der Waals surface area contributed by atoms with Crippen LogP contribution in [0, 0.1) is 0 Å². The van der Waals surface area contributed by atoms with Crippen molar-refractivity contribution >= 4 is 40.7 Å². The third kappa shape index (κ3) is 5.78. The number of rotatable bonds is 8. The summed E-state index contributed by atoms with van der Waals surface area (Å²) < 4.78 is 5.21. The van der Waals surface area contributed by atoms with Gasteiger partial charge in [-0.2, -0.15) is 4.98 Å². The normalized spacial score (nSPS) is 13.8. The molecule has 33 heavy (non-hydrogen) atoms. The number of carboxylic acid groups (broad SMARTS) is 1. The predicted molar refractivity (Wildman–Crippen MR) is 129 cm³/mol. The zero-order valence-corrected chi connectivity index (χ0v) is 19.1. The number of carbonyl (C=O) groups is 1. The number of aromatic nitrogens is 2. The predicted octanol–water partition coefficient (Wildman–Crippen LogP) is 4.36. The average molecular weight is 468 g/mol. The van der Waals surface area contributed by atoms with E-state index in [0.717, 1.165) is 44.8 Å². The van der Waals surface area contributed by atoms with E-state index in [2.05, 4.69) is 37.6 Å². The van der Waals surface area contributed by atoms with E-state index in [-0.39, 0.29) is 5.56 Å². The van der Waals surface area contributed by atoms with Crippen LogP contribution >= 0.6 is 11.6 Å². The molecule has 0 saturated carbocycles. The van der Waals surface area contributed by atoms with Crippen molar-refractivity contribution in [2.45, 2.75) is 12.8 Å². The van der Waals surface area contributed by atoms with E-state index in [0.29, 0.717) is 22.5 Å². The number of nitrogens with zero attached hydrogens (tertiary/aromatic N) is 3. The highest BCUT2D eigenvalue weighted by Gasteiger charge is 2.15. The molecule has 172 valence electrons. The van der Waals surface area contributed by atoms with Crippen LogP contribution in [-0.4, -0.2) is 59.3 Å². The molecule has 0 fully saturated rings. The Morgan fingerprint density at radius 1 is 1.15 bits per heavy atom. The highest BCUT2D eigenvalue weighted by molar-refractivity contribution is 6.33. The molecular formula is C24H26ClN5O3. The molecule has 0 spiro atoms. The Kier molecular flexibility index (Phi) is 7.39. The van der Waals surface area contributed by atoms with Gasteiger partial charge in [0, 0.05) is 32.4 Å². The molecule has 1 aliphatic rings. The molecule has 1 aliphatic heterocycles. The Morgan fingerprint density at radius 2 is 1.94 bits per heavy atom. The molecule has 0 unspecified atom stereocenters. The maximum Gasteiger partial charge on any atom is 0.337 e. The van der Waals surface area contributed by atoms with Crippen molar-refractivity contribution in [1.82, 2.24) is 14.9 Å². The first-order valence-corrected chi connectivity index (χ1v) is 11.1. The summed E-state index contributed by atoms with van der Waals surface area (Å²) in [4.78, 5) is 22.7. The van der Waals surface area contributed by atoms with Gasteiger partial charge in [0.25, 0.3) is 0 Å². The van der Waals surface area contributed by atoms with Crippen molar-refractivity contribution in [2.75, 3.05) is 44.0 Å². The summed E-state index contributed by atoms with van der Waals surface area (Å²) in [5.74, 6) is -0.344. The van der Waals surface area contributed by atoms with Crippen molar-refractivity contribution in [3.8, 4) is 0 Å². The van der Waals surface area contributed by atoms with Crippen LogP contribution in [0.1, 0.15) is 21.5 Å². The SMILES string of the molecule is COCCN1CCc2ccc(Nc3ncc(Cl)c(Nc4ccccc4C(=O)O)n3)cc2CC1. The third-order valence-electron chi connectivity index (χ3n) is 5.62. The number of nitrogens with one attached hydrogen (secondary N) is 2. The Hall–Kier alpha value is -3.20. The Labute approximate surface area is 197 Å². The average Bonchev–Trinajstić information content (AvgIpc) is 3.02. The summed E-state index contributed by atoms with van der Waals surface area (Å²) in [6.45, 7) is 3.70. The second kappa shape index (κ2) is 10.6. The van der Waals surface area contributed by atoms with E-state index in [1.165, 1.54) is 23.4 Å². The molecule has 0 amide bonds. The number of hydrogen-bond acceptors (Lipinski definition) is 7. The zero-order valence-electron chi connectivity index (χ0n) is 18.3. The minimum atomic E-state index is -1.03. The van der Waals surface area contributed by atoms with Gasteiger partial charge in [-0.1, -0.05) is 29.8 Å². The second-order valence-electron chi connectivity index (χ2n) is 7.81. The monoisotopic (exact) mass is 467 g/mol. The van der Waals surface area contributed by atoms with Crippen LogP contribution in [0.5, 0.6) is 0 Å².